The van der Waals surface area contributed by atoms with Crippen LogP contribution in [-0.2, 0) is 6.54 Å². The smallest absolute Gasteiger partial charge is 0.257 e. The minimum absolute atomic E-state index is 0.0745. The normalized spacial score (nSPS) is 10.5. The van der Waals surface area contributed by atoms with Gasteiger partial charge in [-0.1, -0.05) is 0 Å². The quantitative estimate of drug-likeness (QED) is 0.718. The summed E-state index contributed by atoms with van der Waals surface area (Å²) in [6, 6.07) is 7.54. The highest BCUT2D eigenvalue weighted by molar-refractivity contribution is 5.95. The summed E-state index contributed by atoms with van der Waals surface area (Å²) >= 11 is 0. The summed E-state index contributed by atoms with van der Waals surface area (Å²) in [7, 11) is 0. The van der Waals surface area contributed by atoms with E-state index >= 15 is 0 Å². The molecule has 3 heterocycles. The van der Waals surface area contributed by atoms with Crippen molar-refractivity contribution in [2.24, 2.45) is 0 Å². The fourth-order valence-corrected chi connectivity index (χ4v) is 2.52. The monoisotopic (exact) mass is 333 g/mol. The molecule has 3 aromatic heterocycles. The summed E-state index contributed by atoms with van der Waals surface area (Å²) in [6.45, 7) is 4.92. The SMILES string of the molecule is CCN(Cc1ccncc1)C(=O)c1cnc(-c2cccnc2)nc1C. The van der Waals surface area contributed by atoms with Crippen LogP contribution in [0.25, 0.3) is 11.4 Å². The highest BCUT2D eigenvalue weighted by atomic mass is 16.2. The number of aryl methyl sites for hydroxylation is 1. The fraction of sp³-hybridized carbons (Fsp3) is 0.211. The number of amides is 1. The third-order valence-corrected chi connectivity index (χ3v) is 3.92. The molecule has 1 amide bonds. The molecular weight excluding hydrogens is 314 g/mol. The van der Waals surface area contributed by atoms with Crippen molar-refractivity contribution in [3.63, 3.8) is 0 Å². The second kappa shape index (κ2) is 7.61. The van der Waals surface area contributed by atoms with Gasteiger partial charge in [0.2, 0.25) is 0 Å². The van der Waals surface area contributed by atoms with E-state index in [-0.39, 0.29) is 5.91 Å². The van der Waals surface area contributed by atoms with Gasteiger partial charge < -0.3 is 4.90 Å². The first-order valence-corrected chi connectivity index (χ1v) is 8.11. The summed E-state index contributed by atoms with van der Waals surface area (Å²) in [5, 5.41) is 0. The van der Waals surface area contributed by atoms with Gasteiger partial charge in [-0.15, -0.1) is 0 Å². The van der Waals surface area contributed by atoms with E-state index in [0.717, 1.165) is 11.1 Å². The van der Waals surface area contributed by atoms with Crippen molar-refractivity contribution in [3.8, 4) is 11.4 Å². The van der Waals surface area contributed by atoms with Gasteiger partial charge in [0, 0.05) is 49.6 Å². The van der Waals surface area contributed by atoms with Crippen LogP contribution in [0.15, 0.2) is 55.2 Å². The van der Waals surface area contributed by atoms with Gasteiger partial charge in [0.1, 0.15) is 0 Å². The van der Waals surface area contributed by atoms with Gasteiger partial charge in [-0.3, -0.25) is 14.8 Å². The Morgan fingerprint density at radius 3 is 2.52 bits per heavy atom. The van der Waals surface area contributed by atoms with Gasteiger partial charge in [-0.25, -0.2) is 9.97 Å². The molecule has 126 valence electrons. The molecule has 0 aromatic carbocycles. The standard InChI is InChI=1S/C19H19N5O/c1-3-24(13-15-6-9-20-10-7-15)19(25)17-12-22-18(23-14(17)2)16-5-4-8-21-11-16/h4-12H,3,13H2,1-2H3. The van der Waals surface area contributed by atoms with Gasteiger partial charge in [-0.2, -0.15) is 0 Å². The van der Waals surface area contributed by atoms with E-state index < -0.39 is 0 Å². The zero-order valence-electron chi connectivity index (χ0n) is 14.3. The summed E-state index contributed by atoms with van der Waals surface area (Å²) in [5.41, 5.74) is 3.04. The summed E-state index contributed by atoms with van der Waals surface area (Å²) in [5.74, 6) is 0.494. The van der Waals surface area contributed by atoms with E-state index in [1.807, 2.05) is 38.1 Å². The van der Waals surface area contributed by atoms with Crippen LogP contribution in [0.5, 0.6) is 0 Å². The summed E-state index contributed by atoms with van der Waals surface area (Å²) < 4.78 is 0. The van der Waals surface area contributed by atoms with Gasteiger partial charge in [0.25, 0.3) is 5.91 Å². The van der Waals surface area contributed by atoms with Crippen molar-refractivity contribution < 1.29 is 4.79 Å². The molecule has 0 N–H and O–H groups in total. The van der Waals surface area contributed by atoms with E-state index in [0.29, 0.717) is 30.2 Å². The Balaban J connectivity index is 1.83. The predicted molar refractivity (Wildman–Crippen MR) is 94.7 cm³/mol. The van der Waals surface area contributed by atoms with E-state index in [2.05, 4.69) is 19.9 Å². The number of carbonyl (C=O) groups is 1. The fourth-order valence-electron chi connectivity index (χ4n) is 2.52. The third-order valence-electron chi connectivity index (χ3n) is 3.92. The Kier molecular flexibility index (Phi) is 5.09. The first-order chi connectivity index (χ1) is 12.2. The molecule has 0 aliphatic heterocycles. The molecule has 0 fully saturated rings. The van der Waals surface area contributed by atoms with Crippen molar-refractivity contribution in [1.82, 2.24) is 24.8 Å². The topological polar surface area (TPSA) is 71.9 Å². The molecule has 0 atom stereocenters. The Morgan fingerprint density at radius 2 is 1.88 bits per heavy atom. The van der Waals surface area contributed by atoms with Crippen molar-refractivity contribution in [3.05, 3.63) is 72.1 Å². The minimum Gasteiger partial charge on any atom is -0.334 e. The van der Waals surface area contributed by atoms with Crippen LogP contribution in [0.3, 0.4) is 0 Å². The number of rotatable bonds is 5. The molecule has 6 nitrogen and oxygen atoms in total. The van der Waals surface area contributed by atoms with Crippen LogP contribution in [0.4, 0.5) is 0 Å². The highest BCUT2D eigenvalue weighted by Crippen LogP contribution is 2.17. The Hall–Kier alpha value is -3.15. The van der Waals surface area contributed by atoms with Crippen LogP contribution >= 0.6 is 0 Å². The number of hydrogen-bond donors (Lipinski definition) is 0. The lowest BCUT2D eigenvalue weighted by molar-refractivity contribution is 0.0751. The number of pyridine rings is 2. The molecule has 0 unspecified atom stereocenters. The van der Waals surface area contributed by atoms with Gasteiger partial charge >= 0.3 is 0 Å². The molecule has 25 heavy (non-hydrogen) atoms. The molecular formula is C19H19N5O. The average molecular weight is 333 g/mol. The maximum atomic E-state index is 12.9. The second-order valence-electron chi connectivity index (χ2n) is 5.61. The van der Waals surface area contributed by atoms with Crippen molar-refractivity contribution in [2.75, 3.05) is 6.54 Å². The van der Waals surface area contributed by atoms with E-state index in [1.54, 1.807) is 35.9 Å². The van der Waals surface area contributed by atoms with Gasteiger partial charge in [0.15, 0.2) is 5.82 Å². The Morgan fingerprint density at radius 1 is 1.08 bits per heavy atom. The van der Waals surface area contributed by atoms with Crippen LogP contribution in [0.1, 0.15) is 28.5 Å². The largest absolute Gasteiger partial charge is 0.334 e. The lowest BCUT2D eigenvalue weighted by atomic mass is 10.1. The first-order valence-electron chi connectivity index (χ1n) is 8.11. The Labute approximate surface area is 146 Å². The molecule has 0 spiro atoms. The van der Waals surface area contributed by atoms with Crippen LogP contribution in [0.2, 0.25) is 0 Å². The predicted octanol–water partition coefficient (Wildman–Crippen LogP) is 2.90. The van der Waals surface area contributed by atoms with E-state index in [9.17, 15) is 4.79 Å². The van der Waals surface area contributed by atoms with Crippen molar-refractivity contribution in [2.45, 2.75) is 20.4 Å². The minimum atomic E-state index is -0.0745. The number of nitrogens with zero attached hydrogens (tertiary/aromatic N) is 5. The zero-order valence-corrected chi connectivity index (χ0v) is 14.3. The molecule has 3 rings (SSSR count). The number of aromatic nitrogens is 4. The third kappa shape index (κ3) is 3.85. The molecule has 0 saturated heterocycles. The Bertz CT molecular complexity index is 852. The zero-order chi connectivity index (χ0) is 17.6. The van der Waals surface area contributed by atoms with Crippen molar-refractivity contribution in [1.29, 1.82) is 0 Å². The second-order valence-corrected chi connectivity index (χ2v) is 5.61. The molecule has 0 saturated carbocycles. The summed E-state index contributed by atoms with van der Waals surface area (Å²) in [6.07, 6.45) is 8.46. The number of carbonyl (C=O) groups excluding carboxylic acids is 1. The molecule has 0 aliphatic rings. The lowest BCUT2D eigenvalue weighted by Gasteiger charge is -2.21. The van der Waals surface area contributed by atoms with Crippen LogP contribution in [0, 0.1) is 6.92 Å². The van der Waals surface area contributed by atoms with E-state index in [1.165, 1.54) is 0 Å². The van der Waals surface area contributed by atoms with Crippen molar-refractivity contribution >= 4 is 5.91 Å². The first kappa shape index (κ1) is 16.7. The van der Waals surface area contributed by atoms with E-state index in [4.69, 9.17) is 0 Å². The summed E-state index contributed by atoms with van der Waals surface area (Å²) in [4.78, 5) is 31.5. The molecule has 0 bridgehead atoms. The highest BCUT2D eigenvalue weighted by Gasteiger charge is 2.18. The molecule has 3 aromatic rings. The van der Waals surface area contributed by atoms with Crippen LogP contribution in [-0.4, -0.2) is 37.3 Å². The maximum absolute atomic E-state index is 12.9. The number of hydrogen-bond acceptors (Lipinski definition) is 5. The lowest BCUT2D eigenvalue weighted by Crippen LogP contribution is -2.31. The maximum Gasteiger partial charge on any atom is 0.257 e. The molecule has 0 radical (unpaired) electrons. The van der Waals surface area contributed by atoms with Gasteiger partial charge in [-0.05, 0) is 43.7 Å². The van der Waals surface area contributed by atoms with Gasteiger partial charge in [0.05, 0.1) is 11.3 Å². The average Bonchev–Trinajstić information content (AvgIpc) is 2.67. The van der Waals surface area contributed by atoms with Crippen LogP contribution < -0.4 is 0 Å². The molecule has 0 aliphatic carbocycles. The molecule has 6 heteroatoms.